The van der Waals surface area contributed by atoms with Crippen molar-refractivity contribution in [1.82, 2.24) is 9.97 Å². The van der Waals surface area contributed by atoms with Crippen LogP contribution in [-0.2, 0) is 5.41 Å². The van der Waals surface area contributed by atoms with Crippen molar-refractivity contribution >= 4 is 16.7 Å². The molecule has 3 aliphatic carbocycles. The van der Waals surface area contributed by atoms with Crippen LogP contribution in [0.3, 0.4) is 0 Å². The number of halogens is 3. The third-order valence-corrected chi connectivity index (χ3v) is 8.62. The van der Waals surface area contributed by atoms with E-state index in [2.05, 4.69) is 42.1 Å². The van der Waals surface area contributed by atoms with Gasteiger partial charge in [0.1, 0.15) is 17.7 Å². The molecule has 200 valence electrons. The third kappa shape index (κ3) is 4.46. The zero-order chi connectivity index (χ0) is 27.5. The van der Waals surface area contributed by atoms with Gasteiger partial charge in [-0.1, -0.05) is 57.9 Å². The van der Waals surface area contributed by atoms with Crippen molar-refractivity contribution in [2.24, 2.45) is 11.8 Å². The molecule has 4 aromatic rings. The number of nitriles is 1. The molecule has 0 amide bonds. The molecule has 2 N–H and O–H groups in total. The molecule has 0 aliphatic heterocycles. The summed E-state index contributed by atoms with van der Waals surface area (Å²) in [6, 6.07) is 11.8. The molecule has 0 radical (unpaired) electrons. The number of nitrogens with zero attached hydrogens (tertiary/aromatic N) is 2. The molecule has 2 bridgehead atoms. The predicted octanol–water partition coefficient (Wildman–Crippen LogP) is 8.47. The summed E-state index contributed by atoms with van der Waals surface area (Å²) < 4.78 is 45.2. The van der Waals surface area contributed by atoms with Crippen LogP contribution in [0.2, 0.25) is 0 Å². The molecule has 3 fully saturated rings. The molecule has 2 aromatic carbocycles. The summed E-state index contributed by atoms with van der Waals surface area (Å²) in [5.41, 5.74) is 2.34. The first-order valence-electron chi connectivity index (χ1n) is 13.6. The van der Waals surface area contributed by atoms with Crippen LogP contribution in [0, 0.1) is 40.6 Å². The highest BCUT2D eigenvalue weighted by Crippen LogP contribution is 2.44. The molecule has 2 heterocycles. The van der Waals surface area contributed by atoms with Crippen LogP contribution in [0.15, 0.2) is 42.6 Å². The number of aromatic amines is 1. The highest BCUT2D eigenvalue weighted by molar-refractivity contribution is 5.98. The van der Waals surface area contributed by atoms with Gasteiger partial charge in [-0.05, 0) is 53.7 Å². The molecule has 1 atom stereocenters. The Morgan fingerprint density at radius 3 is 2.36 bits per heavy atom. The Balaban J connectivity index is 1.56. The lowest BCUT2D eigenvalue weighted by atomic mass is 9.68. The van der Waals surface area contributed by atoms with Crippen LogP contribution in [0.5, 0.6) is 0 Å². The van der Waals surface area contributed by atoms with Crippen LogP contribution in [0.25, 0.3) is 33.3 Å². The molecular weight excluding hydrogens is 497 g/mol. The van der Waals surface area contributed by atoms with E-state index in [0.29, 0.717) is 23.0 Å². The van der Waals surface area contributed by atoms with Gasteiger partial charge in [0.2, 0.25) is 0 Å². The molecule has 2 aromatic heterocycles. The van der Waals surface area contributed by atoms with Crippen LogP contribution < -0.4 is 5.32 Å². The summed E-state index contributed by atoms with van der Waals surface area (Å²) in [6.07, 6.45) is 7.09. The van der Waals surface area contributed by atoms with Crippen molar-refractivity contribution < 1.29 is 13.2 Å². The van der Waals surface area contributed by atoms with Gasteiger partial charge in [-0.3, -0.25) is 0 Å². The second kappa shape index (κ2) is 9.44. The molecule has 1 unspecified atom stereocenters. The Kier molecular flexibility index (Phi) is 6.17. The summed E-state index contributed by atoms with van der Waals surface area (Å²) in [6.45, 7) is 6.30. The Bertz CT molecular complexity index is 1600. The fourth-order valence-corrected chi connectivity index (χ4v) is 6.45. The molecule has 4 nitrogen and oxygen atoms in total. The monoisotopic (exact) mass is 528 g/mol. The van der Waals surface area contributed by atoms with E-state index in [9.17, 15) is 14.0 Å². The molecule has 3 saturated carbocycles. The molecule has 7 heteroatoms. The molecule has 0 saturated heterocycles. The number of pyridine rings is 1. The summed E-state index contributed by atoms with van der Waals surface area (Å²) in [5, 5.41) is 14.0. The lowest BCUT2D eigenvalue weighted by Crippen LogP contribution is -2.40. The number of fused-ring (bicyclic) bond motifs is 4. The normalized spacial score (nSPS) is 20.8. The second-order valence-corrected chi connectivity index (χ2v) is 12.1. The minimum atomic E-state index is -0.744. The first kappa shape index (κ1) is 25.5. The number of aromatic nitrogens is 2. The van der Waals surface area contributed by atoms with E-state index in [0.717, 1.165) is 30.9 Å². The summed E-state index contributed by atoms with van der Waals surface area (Å²) >= 11 is 0. The standard InChI is InChI=1S/C32H31F3N4/c1-32(2,3)20-10-8-19(9-11-20)27-23(15-36)29(24-16-37-30-22(24)13-21(33)14-25(30)34)39-31(28(27)35)38-26-12-17-4-6-18(26)7-5-17/h8-11,13-14,16-18,26,37H,4-7,12H2,1-3H3,(H,38,39). The van der Waals surface area contributed by atoms with Crippen molar-refractivity contribution in [2.75, 3.05) is 5.32 Å². The number of benzene rings is 2. The van der Waals surface area contributed by atoms with Gasteiger partial charge in [-0.2, -0.15) is 5.26 Å². The van der Waals surface area contributed by atoms with Gasteiger partial charge in [0.05, 0.1) is 16.8 Å². The number of anilines is 1. The number of hydrogen-bond acceptors (Lipinski definition) is 3. The number of rotatable bonds is 4. The van der Waals surface area contributed by atoms with Crippen LogP contribution in [0.1, 0.15) is 64.0 Å². The largest absolute Gasteiger partial charge is 0.365 e. The fraction of sp³-hybridized carbons (Fsp3) is 0.375. The quantitative estimate of drug-likeness (QED) is 0.279. The first-order chi connectivity index (χ1) is 18.6. The predicted molar refractivity (Wildman–Crippen MR) is 148 cm³/mol. The number of hydrogen-bond donors (Lipinski definition) is 2. The van der Waals surface area contributed by atoms with Gasteiger partial charge in [-0.25, -0.2) is 18.2 Å². The Hall–Kier alpha value is -3.79. The lowest BCUT2D eigenvalue weighted by Gasteiger charge is -2.43. The summed E-state index contributed by atoms with van der Waals surface area (Å²) in [5.74, 6) is -0.930. The van der Waals surface area contributed by atoms with Gasteiger partial charge >= 0.3 is 0 Å². The lowest BCUT2D eigenvalue weighted by molar-refractivity contribution is 0.157. The molecule has 3 aliphatic rings. The van der Waals surface area contributed by atoms with E-state index >= 15 is 4.39 Å². The van der Waals surface area contributed by atoms with E-state index < -0.39 is 17.5 Å². The maximum atomic E-state index is 16.4. The van der Waals surface area contributed by atoms with Crippen LogP contribution in [0.4, 0.5) is 19.0 Å². The Morgan fingerprint density at radius 1 is 1.03 bits per heavy atom. The highest BCUT2D eigenvalue weighted by atomic mass is 19.1. The van der Waals surface area contributed by atoms with Gasteiger partial charge in [0, 0.05) is 34.8 Å². The molecule has 39 heavy (non-hydrogen) atoms. The van der Waals surface area contributed by atoms with Crippen molar-refractivity contribution in [1.29, 1.82) is 5.26 Å². The third-order valence-electron chi connectivity index (χ3n) is 8.62. The van der Waals surface area contributed by atoms with Crippen molar-refractivity contribution in [2.45, 2.75) is 64.3 Å². The minimum absolute atomic E-state index is 0.0253. The second-order valence-electron chi connectivity index (χ2n) is 12.1. The van der Waals surface area contributed by atoms with Crippen LogP contribution in [-0.4, -0.2) is 16.0 Å². The molecule has 7 rings (SSSR count). The van der Waals surface area contributed by atoms with Gasteiger partial charge < -0.3 is 10.3 Å². The molecular formula is C32H31F3N4. The van der Waals surface area contributed by atoms with Crippen molar-refractivity contribution in [3.05, 3.63) is 71.2 Å². The van der Waals surface area contributed by atoms with E-state index in [1.807, 2.05) is 24.3 Å². The average molecular weight is 529 g/mol. The van der Waals surface area contributed by atoms with Gasteiger partial charge in [0.15, 0.2) is 11.6 Å². The van der Waals surface area contributed by atoms with Crippen molar-refractivity contribution in [3.63, 3.8) is 0 Å². The summed E-state index contributed by atoms with van der Waals surface area (Å²) in [7, 11) is 0. The van der Waals surface area contributed by atoms with Crippen molar-refractivity contribution in [3.8, 4) is 28.5 Å². The maximum absolute atomic E-state index is 16.4. The minimum Gasteiger partial charge on any atom is -0.365 e. The SMILES string of the molecule is CC(C)(C)c1ccc(-c2c(F)c(NC3CC4CCC3CC4)nc(-c3c[nH]c4c(F)cc(F)cc34)c2C#N)cc1. The topological polar surface area (TPSA) is 64.5 Å². The number of nitrogens with one attached hydrogen (secondary N) is 2. The van der Waals surface area contributed by atoms with E-state index in [-0.39, 0.29) is 45.0 Å². The van der Waals surface area contributed by atoms with Gasteiger partial charge in [-0.15, -0.1) is 0 Å². The van der Waals surface area contributed by atoms with Gasteiger partial charge in [0.25, 0.3) is 0 Å². The number of H-pyrrole nitrogens is 1. The fourth-order valence-electron chi connectivity index (χ4n) is 6.45. The Labute approximate surface area is 226 Å². The van der Waals surface area contributed by atoms with E-state index in [1.165, 1.54) is 25.1 Å². The smallest absolute Gasteiger partial charge is 0.174 e. The Morgan fingerprint density at radius 2 is 1.74 bits per heavy atom. The first-order valence-corrected chi connectivity index (χ1v) is 13.6. The zero-order valence-corrected chi connectivity index (χ0v) is 22.3. The highest BCUT2D eigenvalue weighted by Gasteiger charge is 2.36. The average Bonchev–Trinajstić information content (AvgIpc) is 3.34. The maximum Gasteiger partial charge on any atom is 0.174 e. The van der Waals surface area contributed by atoms with Crippen LogP contribution >= 0.6 is 0 Å². The van der Waals surface area contributed by atoms with E-state index in [1.54, 1.807) is 0 Å². The zero-order valence-electron chi connectivity index (χ0n) is 22.3. The van der Waals surface area contributed by atoms with E-state index in [4.69, 9.17) is 0 Å². The summed E-state index contributed by atoms with van der Waals surface area (Å²) in [4.78, 5) is 7.49. The molecule has 0 spiro atoms.